The summed E-state index contributed by atoms with van der Waals surface area (Å²) in [5.74, 6) is 0.374. The fraction of sp³-hybridized carbons (Fsp3) is 0.167. The highest BCUT2D eigenvalue weighted by atomic mass is 32.1. The lowest BCUT2D eigenvalue weighted by molar-refractivity contribution is 0.229. The lowest BCUT2D eigenvalue weighted by atomic mass is 10.2. The van der Waals surface area contributed by atoms with Crippen molar-refractivity contribution in [3.63, 3.8) is 0 Å². The monoisotopic (exact) mass is 246 g/mol. The van der Waals surface area contributed by atoms with Crippen molar-refractivity contribution in [2.75, 3.05) is 0 Å². The molecular weight excluding hydrogens is 236 g/mol. The minimum Gasteiger partial charge on any atom is -0.428 e. The predicted octanol–water partition coefficient (Wildman–Crippen LogP) is 2.80. The van der Waals surface area contributed by atoms with Crippen LogP contribution in [0.3, 0.4) is 0 Å². The topological polar surface area (TPSA) is 66.1 Å². The first-order valence-electron chi connectivity index (χ1n) is 4.96. The van der Waals surface area contributed by atoms with Gasteiger partial charge in [-0.1, -0.05) is 6.07 Å². The molecular formula is C12H10N2O2S. The molecule has 5 heteroatoms. The van der Waals surface area contributed by atoms with E-state index >= 15 is 0 Å². The molecule has 0 aliphatic heterocycles. The Labute approximate surface area is 103 Å². The molecule has 1 unspecified atom stereocenters. The maximum Gasteiger partial charge on any atom is 0.220 e. The van der Waals surface area contributed by atoms with Crippen LogP contribution in [0.25, 0.3) is 0 Å². The van der Waals surface area contributed by atoms with Gasteiger partial charge in [0, 0.05) is 6.07 Å². The van der Waals surface area contributed by atoms with Gasteiger partial charge in [-0.05, 0) is 30.0 Å². The zero-order valence-corrected chi connectivity index (χ0v) is 9.94. The van der Waals surface area contributed by atoms with Gasteiger partial charge in [-0.25, -0.2) is 4.98 Å². The average molecular weight is 246 g/mol. The molecule has 1 N–H and O–H groups in total. The zero-order valence-electron chi connectivity index (χ0n) is 9.12. The van der Waals surface area contributed by atoms with E-state index in [1.54, 1.807) is 24.3 Å². The van der Waals surface area contributed by atoms with Gasteiger partial charge in [-0.15, -0.1) is 11.3 Å². The number of aromatic nitrogens is 1. The van der Waals surface area contributed by atoms with Crippen LogP contribution in [0.4, 0.5) is 0 Å². The van der Waals surface area contributed by atoms with E-state index in [0.29, 0.717) is 11.6 Å². The fourth-order valence-electron chi connectivity index (χ4n) is 1.27. The second kappa shape index (κ2) is 4.95. The van der Waals surface area contributed by atoms with Gasteiger partial charge in [0.2, 0.25) is 5.88 Å². The molecule has 0 saturated carbocycles. The lowest BCUT2D eigenvalue weighted by Gasteiger charge is -2.05. The van der Waals surface area contributed by atoms with E-state index in [9.17, 15) is 5.11 Å². The van der Waals surface area contributed by atoms with Crippen molar-refractivity contribution in [3.8, 4) is 17.0 Å². The molecule has 0 aromatic carbocycles. The zero-order chi connectivity index (χ0) is 12.3. The van der Waals surface area contributed by atoms with Crippen molar-refractivity contribution in [1.29, 1.82) is 5.26 Å². The third kappa shape index (κ3) is 2.81. The van der Waals surface area contributed by atoms with Crippen LogP contribution >= 0.6 is 11.3 Å². The third-order valence-electron chi connectivity index (χ3n) is 2.06. The normalized spacial score (nSPS) is 11.8. The van der Waals surface area contributed by atoms with Crippen molar-refractivity contribution in [1.82, 2.24) is 4.98 Å². The molecule has 0 amide bonds. The summed E-state index contributed by atoms with van der Waals surface area (Å²) in [5, 5.41) is 20.7. The standard InChI is InChI=1S/C12H10N2O2S/c1-8-5-12(17-7-8)16-11-4-2-3-9(14-11)10(15)6-13/h2-5,7,10,15H,1H3. The SMILES string of the molecule is Cc1csc(Oc2cccc(C(O)C#N)n2)c1. The number of aliphatic hydroxyl groups is 1. The van der Waals surface area contributed by atoms with E-state index in [-0.39, 0.29) is 0 Å². The van der Waals surface area contributed by atoms with E-state index in [0.717, 1.165) is 10.6 Å². The highest BCUT2D eigenvalue weighted by molar-refractivity contribution is 7.12. The number of aryl methyl sites for hydroxylation is 1. The highest BCUT2D eigenvalue weighted by Gasteiger charge is 2.09. The number of nitrogens with zero attached hydrogens (tertiary/aromatic N) is 2. The Hall–Kier alpha value is -1.90. The van der Waals surface area contributed by atoms with Gasteiger partial charge in [-0.3, -0.25) is 0 Å². The second-order valence-electron chi connectivity index (χ2n) is 3.48. The number of thiophene rings is 1. The third-order valence-corrected chi connectivity index (χ3v) is 2.98. The molecule has 2 rings (SSSR count). The summed E-state index contributed by atoms with van der Waals surface area (Å²) in [4.78, 5) is 4.06. The van der Waals surface area contributed by atoms with E-state index in [2.05, 4.69) is 4.98 Å². The maximum atomic E-state index is 9.35. The average Bonchev–Trinajstić information content (AvgIpc) is 2.74. The van der Waals surface area contributed by atoms with Crippen LogP contribution in [0.5, 0.6) is 10.9 Å². The van der Waals surface area contributed by atoms with Gasteiger partial charge in [0.05, 0.1) is 5.69 Å². The van der Waals surface area contributed by atoms with Gasteiger partial charge in [0.25, 0.3) is 0 Å². The number of hydrogen-bond donors (Lipinski definition) is 1. The summed E-state index contributed by atoms with van der Waals surface area (Å²) in [6.07, 6.45) is -1.22. The Morgan fingerprint density at radius 2 is 2.35 bits per heavy atom. The summed E-state index contributed by atoms with van der Waals surface area (Å²) >= 11 is 1.47. The number of ether oxygens (including phenoxy) is 1. The Morgan fingerprint density at radius 1 is 1.53 bits per heavy atom. The van der Waals surface area contributed by atoms with Crippen LogP contribution in [-0.2, 0) is 0 Å². The van der Waals surface area contributed by atoms with Gasteiger partial charge < -0.3 is 9.84 Å². The highest BCUT2D eigenvalue weighted by Crippen LogP contribution is 2.27. The predicted molar refractivity (Wildman–Crippen MR) is 63.9 cm³/mol. The number of nitriles is 1. The molecule has 0 radical (unpaired) electrons. The molecule has 0 saturated heterocycles. The summed E-state index contributed by atoms with van der Waals surface area (Å²) < 4.78 is 5.52. The first kappa shape index (κ1) is 11.6. The number of aliphatic hydroxyl groups excluding tert-OH is 1. The summed E-state index contributed by atoms with van der Waals surface area (Å²) in [7, 11) is 0. The molecule has 1 atom stereocenters. The molecule has 0 spiro atoms. The van der Waals surface area contributed by atoms with Gasteiger partial charge in [-0.2, -0.15) is 5.26 Å². The minimum atomic E-state index is -1.22. The second-order valence-corrected chi connectivity index (χ2v) is 4.35. The Bertz CT molecular complexity index is 560. The molecule has 4 nitrogen and oxygen atoms in total. The van der Waals surface area contributed by atoms with Crippen molar-refractivity contribution in [2.24, 2.45) is 0 Å². The molecule has 0 fully saturated rings. The van der Waals surface area contributed by atoms with Gasteiger partial charge >= 0.3 is 0 Å². The summed E-state index contributed by atoms with van der Waals surface area (Å²) in [5.41, 5.74) is 1.41. The van der Waals surface area contributed by atoms with Crippen molar-refractivity contribution >= 4 is 11.3 Å². The van der Waals surface area contributed by atoms with Crippen molar-refractivity contribution < 1.29 is 9.84 Å². The maximum absolute atomic E-state index is 9.35. The lowest BCUT2D eigenvalue weighted by Crippen LogP contribution is -1.98. The molecule has 86 valence electrons. The molecule has 0 aliphatic rings. The first-order valence-corrected chi connectivity index (χ1v) is 5.84. The van der Waals surface area contributed by atoms with Crippen LogP contribution in [0, 0.1) is 18.3 Å². The molecule has 0 aliphatic carbocycles. The van der Waals surface area contributed by atoms with E-state index in [1.165, 1.54) is 11.3 Å². The van der Waals surface area contributed by atoms with Crippen LogP contribution in [0.15, 0.2) is 29.6 Å². The van der Waals surface area contributed by atoms with E-state index in [4.69, 9.17) is 10.00 Å². The van der Waals surface area contributed by atoms with E-state index in [1.807, 2.05) is 18.4 Å². The van der Waals surface area contributed by atoms with Gasteiger partial charge in [0.15, 0.2) is 11.2 Å². The Kier molecular flexibility index (Phi) is 3.38. The number of hydrogen-bond acceptors (Lipinski definition) is 5. The van der Waals surface area contributed by atoms with Crippen LogP contribution in [-0.4, -0.2) is 10.1 Å². The minimum absolute atomic E-state index is 0.290. The van der Waals surface area contributed by atoms with E-state index < -0.39 is 6.10 Å². The fourth-order valence-corrected chi connectivity index (χ4v) is 2.03. The first-order chi connectivity index (χ1) is 8.19. The van der Waals surface area contributed by atoms with Crippen LogP contribution < -0.4 is 4.74 Å². The Balaban J connectivity index is 2.20. The molecule has 17 heavy (non-hydrogen) atoms. The number of rotatable bonds is 3. The number of pyridine rings is 1. The van der Waals surface area contributed by atoms with Gasteiger partial charge in [0.1, 0.15) is 6.07 Å². The quantitative estimate of drug-likeness (QED) is 0.846. The molecule has 0 bridgehead atoms. The molecule has 2 aromatic heterocycles. The van der Waals surface area contributed by atoms with Crippen molar-refractivity contribution in [2.45, 2.75) is 13.0 Å². The molecule has 2 heterocycles. The van der Waals surface area contributed by atoms with Crippen LogP contribution in [0.1, 0.15) is 17.4 Å². The van der Waals surface area contributed by atoms with Crippen molar-refractivity contribution in [3.05, 3.63) is 40.9 Å². The summed E-state index contributed by atoms with van der Waals surface area (Å²) in [6.45, 7) is 1.98. The van der Waals surface area contributed by atoms with Crippen LogP contribution in [0.2, 0.25) is 0 Å². The Morgan fingerprint density at radius 3 is 3.00 bits per heavy atom. The smallest absolute Gasteiger partial charge is 0.220 e. The summed E-state index contributed by atoms with van der Waals surface area (Å²) in [6, 6.07) is 8.58. The largest absolute Gasteiger partial charge is 0.428 e. The molecule has 2 aromatic rings.